The Morgan fingerprint density at radius 3 is 2.61 bits per heavy atom. The van der Waals surface area contributed by atoms with Gasteiger partial charge in [0.25, 0.3) is 0 Å². The second-order valence-corrected chi connectivity index (χ2v) is 6.62. The second kappa shape index (κ2) is 9.08. The van der Waals surface area contributed by atoms with E-state index in [2.05, 4.69) is 17.2 Å². The van der Waals surface area contributed by atoms with E-state index < -0.39 is 12.0 Å². The van der Waals surface area contributed by atoms with E-state index in [0.29, 0.717) is 5.75 Å². The molecule has 0 aliphatic carbocycles. The van der Waals surface area contributed by atoms with Crippen molar-refractivity contribution >= 4 is 22.8 Å². The summed E-state index contributed by atoms with van der Waals surface area (Å²) in [6, 6.07) is 14.4. The summed E-state index contributed by atoms with van der Waals surface area (Å²) >= 11 is 0. The van der Waals surface area contributed by atoms with Crippen molar-refractivity contribution in [2.24, 2.45) is 0 Å². The Kier molecular flexibility index (Phi) is 6.32. The third-order valence-electron chi connectivity index (χ3n) is 4.66. The molecule has 3 aromatic rings. The normalized spacial score (nSPS) is 11.9. The molecule has 1 aromatic heterocycles. The number of fused-ring (bicyclic) bond motifs is 1. The highest BCUT2D eigenvalue weighted by atomic mass is 16.5. The van der Waals surface area contributed by atoms with Crippen LogP contribution in [0.2, 0.25) is 0 Å². The lowest BCUT2D eigenvalue weighted by molar-refractivity contribution is -0.141. The Morgan fingerprint density at radius 2 is 1.89 bits per heavy atom. The number of carboxylic acids is 1. The lowest BCUT2D eigenvalue weighted by Gasteiger charge is -2.14. The summed E-state index contributed by atoms with van der Waals surface area (Å²) in [5.41, 5.74) is 3.01. The van der Waals surface area contributed by atoms with Crippen LogP contribution < -0.4 is 10.1 Å². The molecule has 28 heavy (non-hydrogen) atoms. The maximum Gasteiger partial charge on any atom is 0.326 e. The summed E-state index contributed by atoms with van der Waals surface area (Å²) in [6.07, 6.45) is 3.04. The Hall–Kier alpha value is -3.28. The van der Waals surface area contributed by atoms with E-state index in [1.54, 1.807) is 6.20 Å². The lowest BCUT2D eigenvalue weighted by atomic mass is 10.0. The molecule has 146 valence electrons. The number of hydrogen-bond donors (Lipinski definition) is 3. The molecule has 1 unspecified atom stereocenters. The van der Waals surface area contributed by atoms with Gasteiger partial charge < -0.3 is 20.1 Å². The zero-order chi connectivity index (χ0) is 19.9. The molecular weight excluding hydrogens is 356 g/mol. The lowest BCUT2D eigenvalue weighted by Crippen LogP contribution is -2.42. The number of H-pyrrole nitrogens is 1. The SMILES string of the molecule is CCc1ccc(OCCC(=O)NC(Cc2c[nH]c3ccccc23)C(=O)O)cc1. The molecule has 0 aliphatic rings. The number of nitrogens with one attached hydrogen (secondary N) is 2. The van der Waals surface area contributed by atoms with E-state index in [1.807, 2.05) is 48.5 Å². The summed E-state index contributed by atoms with van der Waals surface area (Å²) in [7, 11) is 0. The fraction of sp³-hybridized carbons (Fsp3) is 0.273. The van der Waals surface area contributed by atoms with E-state index in [4.69, 9.17) is 4.74 Å². The average Bonchev–Trinajstić information content (AvgIpc) is 3.11. The molecule has 0 bridgehead atoms. The Bertz CT molecular complexity index is 947. The van der Waals surface area contributed by atoms with Crippen LogP contribution in [0, 0.1) is 0 Å². The van der Waals surface area contributed by atoms with Gasteiger partial charge >= 0.3 is 5.97 Å². The van der Waals surface area contributed by atoms with Crippen LogP contribution in [-0.4, -0.2) is 34.6 Å². The molecule has 2 aromatic carbocycles. The van der Waals surface area contributed by atoms with Gasteiger partial charge in [0, 0.05) is 23.5 Å². The predicted octanol–water partition coefficient (Wildman–Crippen LogP) is 3.31. The van der Waals surface area contributed by atoms with Crippen molar-refractivity contribution in [3.8, 4) is 5.75 Å². The first-order valence-corrected chi connectivity index (χ1v) is 9.35. The summed E-state index contributed by atoms with van der Waals surface area (Å²) in [6.45, 7) is 2.27. The van der Waals surface area contributed by atoms with Gasteiger partial charge in [0.2, 0.25) is 5.91 Å². The van der Waals surface area contributed by atoms with Crippen LogP contribution in [0.15, 0.2) is 54.7 Å². The summed E-state index contributed by atoms with van der Waals surface area (Å²) in [4.78, 5) is 26.9. The van der Waals surface area contributed by atoms with E-state index in [0.717, 1.165) is 22.9 Å². The quantitative estimate of drug-likeness (QED) is 0.531. The zero-order valence-corrected chi connectivity index (χ0v) is 15.8. The van der Waals surface area contributed by atoms with Gasteiger partial charge in [-0.3, -0.25) is 4.79 Å². The molecule has 0 aliphatic heterocycles. The average molecular weight is 380 g/mol. The third-order valence-corrected chi connectivity index (χ3v) is 4.66. The standard InChI is InChI=1S/C22H24N2O4/c1-2-15-7-9-17(10-8-15)28-12-11-21(25)24-20(22(26)27)13-16-14-23-19-6-4-3-5-18(16)19/h3-10,14,20,23H,2,11-13H2,1H3,(H,24,25)(H,26,27). The van der Waals surface area contributed by atoms with Crippen LogP contribution in [0.25, 0.3) is 10.9 Å². The number of aromatic nitrogens is 1. The topological polar surface area (TPSA) is 91.4 Å². The number of rotatable bonds is 9. The molecule has 1 atom stereocenters. The number of aromatic amines is 1. The predicted molar refractivity (Wildman–Crippen MR) is 108 cm³/mol. The van der Waals surface area contributed by atoms with Crippen LogP contribution >= 0.6 is 0 Å². The van der Waals surface area contributed by atoms with Crippen LogP contribution in [0.4, 0.5) is 0 Å². The highest BCUT2D eigenvalue weighted by molar-refractivity contribution is 5.86. The van der Waals surface area contributed by atoms with Gasteiger partial charge in [0.15, 0.2) is 0 Å². The molecular formula is C22H24N2O4. The molecule has 0 saturated carbocycles. The molecule has 6 heteroatoms. The molecule has 0 radical (unpaired) electrons. The van der Waals surface area contributed by atoms with Crippen molar-refractivity contribution in [2.75, 3.05) is 6.61 Å². The van der Waals surface area contributed by atoms with Crippen molar-refractivity contribution < 1.29 is 19.4 Å². The number of amides is 1. The highest BCUT2D eigenvalue weighted by Crippen LogP contribution is 2.19. The van der Waals surface area contributed by atoms with Crippen molar-refractivity contribution in [3.63, 3.8) is 0 Å². The van der Waals surface area contributed by atoms with Gasteiger partial charge in [0.1, 0.15) is 11.8 Å². The number of aryl methyl sites for hydroxylation is 1. The van der Waals surface area contributed by atoms with Crippen molar-refractivity contribution in [2.45, 2.75) is 32.2 Å². The fourth-order valence-electron chi connectivity index (χ4n) is 3.07. The highest BCUT2D eigenvalue weighted by Gasteiger charge is 2.21. The molecule has 6 nitrogen and oxygen atoms in total. The fourth-order valence-corrected chi connectivity index (χ4v) is 3.07. The molecule has 0 fully saturated rings. The van der Waals surface area contributed by atoms with Gasteiger partial charge in [0.05, 0.1) is 13.0 Å². The zero-order valence-electron chi connectivity index (χ0n) is 15.8. The number of aliphatic carboxylic acids is 1. The number of para-hydroxylation sites is 1. The van der Waals surface area contributed by atoms with E-state index in [9.17, 15) is 14.7 Å². The smallest absolute Gasteiger partial charge is 0.326 e. The van der Waals surface area contributed by atoms with Crippen LogP contribution in [0.5, 0.6) is 5.75 Å². The Morgan fingerprint density at radius 1 is 1.14 bits per heavy atom. The number of benzene rings is 2. The van der Waals surface area contributed by atoms with Gasteiger partial charge in [-0.15, -0.1) is 0 Å². The number of carbonyl (C=O) groups is 2. The number of hydrogen-bond acceptors (Lipinski definition) is 3. The molecule has 0 spiro atoms. The van der Waals surface area contributed by atoms with Crippen molar-refractivity contribution in [3.05, 3.63) is 65.9 Å². The molecule has 1 amide bonds. The maximum absolute atomic E-state index is 12.2. The number of ether oxygens (including phenoxy) is 1. The van der Waals surface area contributed by atoms with Crippen LogP contribution in [0.1, 0.15) is 24.5 Å². The van der Waals surface area contributed by atoms with E-state index in [1.165, 1.54) is 5.56 Å². The van der Waals surface area contributed by atoms with Crippen LogP contribution in [-0.2, 0) is 22.4 Å². The molecule has 0 saturated heterocycles. The van der Waals surface area contributed by atoms with Gasteiger partial charge in [-0.25, -0.2) is 4.79 Å². The summed E-state index contributed by atoms with van der Waals surface area (Å²) < 4.78 is 5.57. The van der Waals surface area contributed by atoms with Crippen molar-refractivity contribution in [1.29, 1.82) is 0 Å². The third kappa shape index (κ3) is 4.91. The Balaban J connectivity index is 1.53. The first-order valence-electron chi connectivity index (χ1n) is 9.35. The maximum atomic E-state index is 12.2. The largest absolute Gasteiger partial charge is 0.493 e. The Labute approximate surface area is 163 Å². The minimum atomic E-state index is -1.06. The minimum absolute atomic E-state index is 0.0905. The van der Waals surface area contributed by atoms with Gasteiger partial charge in [-0.1, -0.05) is 37.3 Å². The number of carbonyl (C=O) groups excluding carboxylic acids is 1. The van der Waals surface area contributed by atoms with Gasteiger partial charge in [-0.05, 0) is 35.7 Å². The van der Waals surface area contributed by atoms with Crippen LogP contribution in [0.3, 0.4) is 0 Å². The van der Waals surface area contributed by atoms with Gasteiger partial charge in [-0.2, -0.15) is 0 Å². The first kappa shape index (κ1) is 19.5. The first-order chi connectivity index (χ1) is 13.6. The monoisotopic (exact) mass is 380 g/mol. The van der Waals surface area contributed by atoms with Crippen molar-refractivity contribution in [1.82, 2.24) is 10.3 Å². The molecule has 1 heterocycles. The molecule has 3 N–H and O–H groups in total. The number of carboxylic acid groups (broad SMARTS) is 1. The summed E-state index contributed by atoms with van der Waals surface area (Å²) in [5, 5.41) is 13.0. The second-order valence-electron chi connectivity index (χ2n) is 6.62. The van der Waals surface area contributed by atoms with E-state index >= 15 is 0 Å². The summed E-state index contributed by atoms with van der Waals surface area (Å²) in [5.74, 6) is -0.717. The van der Waals surface area contributed by atoms with E-state index in [-0.39, 0.29) is 25.4 Å². The minimum Gasteiger partial charge on any atom is -0.493 e. The molecule has 3 rings (SSSR count).